The predicted octanol–water partition coefficient (Wildman–Crippen LogP) is -2.61. The Morgan fingerprint density at radius 1 is 1.32 bits per heavy atom. The van der Waals surface area contributed by atoms with Crippen LogP contribution in [-0.4, -0.2) is 18.5 Å². The van der Waals surface area contributed by atoms with Gasteiger partial charge < -0.3 is 18.1 Å². The van der Waals surface area contributed by atoms with Crippen molar-refractivity contribution in [2.24, 2.45) is 20.8 Å². The van der Waals surface area contributed by atoms with E-state index in [0.717, 1.165) is 0 Å². The lowest BCUT2D eigenvalue weighted by atomic mass is 10.1. The number of allylic oxidation sites excluding steroid dienone is 1. The third kappa shape index (κ3) is 2.14. The van der Waals surface area contributed by atoms with E-state index in [9.17, 15) is 4.39 Å². The molecule has 1 aromatic rings. The fraction of sp³-hybridized carbons (Fsp3) is 0. The number of benzene rings is 1. The number of hydrogen-bond acceptors (Lipinski definition) is 4. The van der Waals surface area contributed by atoms with Crippen molar-refractivity contribution in [2.45, 2.75) is 0 Å². The molecule has 8 heteroatoms. The molecule has 0 fully saturated rings. The lowest BCUT2D eigenvalue weighted by Gasteiger charge is -2.15. The second-order valence-corrected chi connectivity index (χ2v) is 4.14. The van der Waals surface area contributed by atoms with Crippen molar-refractivity contribution in [3.05, 3.63) is 40.4 Å². The standard InChI is InChI=1S/C11H7ClFN5.ClH/c12-7-2-1-3-8(13)9(7)6-4-15-11-16-5-17-18(11)10(6)14;/h1-5H,14H2;1H. The van der Waals surface area contributed by atoms with Crippen molar-refractivity contribution in [1.29, 1.82) is 0 Å². The van der Waals surface area contributed by atoms with Crippen LogP contribution >= 0.6 is 11.6 Å². The molecule has 0 aromatic heterocycles. The molecule has 0 bridgehead atoms. The second-order valence-electron chi connectivity index (χ2n) is 3.73. The Morgan fingerprint density at radius 3 is 2.84 bits per heavy atom. The molecule has 1 atom stereocenters. The van der Waals surface area contributed by atoms with Crippen molar-refractivity contribution in [1.82, 2.24) is 0 Å². The summed E-state index contributed by atoms with van der Waals surface area (Å²) >= 11 is 6.00. The predicted molar refractivity (Wildman–Crippen MR) is 67.9 cm³/mol. The molecule has 3 N–H and O–H groups in total. The average Bonchev–Trinajstić information content (AvgIpc) is 2.80. The maximum atomic E-state index is 13.8. The minimum Gasteiger partial charge on any atom is -1.00 e. The largest absolute Gasteiger partial charge is 1.00 e. The molecule has 0 amide bonds. The van der Waals surface area contributed by atoms with E-state index in [4.69, 9.17) is 17.3 Å². The van der Waals surface area contributed by atoms with Crippen LogP contribution in [0.3, 0.4) is 0 Å². The number of hydrogen-bond donors (Lipinski definition) is 2. The van der Waals surface area contributed by atoms with E-state index in [0.29, 0.717) is 22.4 Å². The Kier molecular flexibility index (Phi) is 3.66. The molecule has 0 saturated heterocycles. The zero-order chi connectivity index (χ0) is 12.7. The molecule has 2 aliphatic rings. The third-order valence-electron chi connectivity index (χ3n) is 2.67. The van der Waals surface area contributed by atoms with Gasteiger partial charge in [-0.05, 0) is 12.1 Å². The van der Waals surface area contributed by atoms with Gasteiger partial charge in [0.25, 0.3) is 0 Å². The SMILES string of the molecule is NC1=C(c2c(F)cccc2Cl)C=NC2=NC=N[NH+]21.[Cl-]. The first kappa shape index (κ1) is 13.7. The minimum absolute atomic E-state index is 0. The summed E-state index contributed by atoms with van der Waals surface area (Å²) in [5.41, 5.74) is 6.62. The second kappa shape index (κ2) is 5.08. The molecular formula is C11H8Cl2FN5. The number of guanidine groups is 1. The van der Waals surface area contributed by atoms with Crippen molar-refractivity contribution in [3.63, 3.8) is 0 Å². The highest BCUT2D eigenvalue weighted by molar-refractivity contribution is 6.34. The van der Waals surface area contributed by atoms with Crippen molar-refractivity contribution in [2.75, 3.05) is 0 Å². The van der Waals surface area contributed by atoms with Crippen LogP contribution < -0.4 is 23.1 Å². The minimum atomic E-state index is -0.449. The van der Waals surface area contributed by atoms with Gasteiger partial charge in [-0.3, -0.25) is 0 Å². The van der Waals surface area contributed by atoms with Crippen LogP contribution in [0.15, 0.2) is 39.1 Å². The van der Waals surface area contributed by atoms with Crippen LogP contribution in [0.2, 0.25) is 5.02 Å². The number of aliphatic imine (C=N–C) groups is 2. The van der Waals surface area contributed by atoms with Crippen LogP contribution in [-0.2, 0) is 0 Å². The van der Waals surface area contributed by atoms with Gasteiger partial charge in [0.15, 0.2) is 6.34 Å². The van der Waals surface area contributed by atoms with Gasteiger partial charge in [0.2, 0.25) is 5.82 Å². The zero-order valence-electron chi connectivity index (χ0n) is 9.44. The molecule has 2 aliphatic heterocycles. The van der Waals surface area contributed by atoms with E-state index in [1.54, 1.807) is 6.07 Å². The topological polar surface area (TPSA) is 67.5 Å². The Morgan fingerprint density at radius 2 is 2.11 bits per heavy atom. The van der Waals surface area contributed by atoms with Crippen molar-refractivity contribution >= 4 is 35.7 Å². The molecule has 0 spiro atoms. The maximum absolute atomic E-state index is 13.8. The molecule has 1 aromatic carbocycles. The molecule has 98 valence electrons. The van der Waals surface area contributed by atoms with Gasteiger partial charge in [-0.25, -0.2) is 4.39 Å². The van der Waals surface area contributed by atoms with E-state index in [2.05, 4.69) is 15.1 Å². The molecule has 0 saturated carbocycles. The maximum Gasteiger partial charge on any atom is 0.362 e. The van der Waals surface area contributed by atoms with Crippen LogP contribution in [0.4, 0.5) is 4.39 Å². The molecule has 1 unspecified atom stereocenters. The number of halogens is 3. The van der Waals surface area contributed by atoms with Crippen LogP contribution in [0.5, 0.6) is 0 Å². The molecular weight excluding hydrogens is 292 g/mol. The molecule has 0 radical (unpaired) electrons. The molecule has 3 rings (SSSR count). The Hall–Kier alpha value is -1.76. The number of quaternary nitrogens is 1. The summed E-state index contributed by atoms with van der Waals surface area (Å²) in [6, 6.07) is 4.45. The molecule has 5 nitrogen and oxygen atoms in total. The number of fused-ring (bicyclic) bond motifs is 1. The summed E-state index contributed by atoms with van der Waals surface area (Å²) in [4.78, 5) is 8.01. The van der Waals surface area contributed by atoms with Gasteiger partial charge in [-0.1, -0.05) is 27.8 Å². The molecule has 2 heterocycles. The molecule has 0 aliphatic carbocycles. The van der Waals surface area contributed by atoms with E-state index in [-0.39, 0.29) is 23.0 Å². The smallest absolute Gasteiger partial charge is 0.362 e. The first-order chi connectivity index (χ1) is 8.68. The number of nitrogens with one attached hydrogen (secondary N) is 1. The lowest BCUT2D eigenvalue weighted by molar-refractivity contribution is -0.768. The monoisotopic (exact) mass is 299 g/mol. The normalized spacial score (nSPS) is 20.1. The summed E-state index contributed by atoms with van der Waals surface area (Å²) in [6.45, 7) is 0. The molecule has 19 heavy (non-hydrogen) atoms. The summed E-state index contributed by atoms with van der Waals surface area (Å²) in [5, 5.41) is 4.73. The Bertz CT molecular complexity index is 630. The van der Waals surface area contributed by atoms with Gasteiger partial charge in [-0.2, -0.15) is 9.98 Å². The van der Waals surface area contributed by atoms with Gasteiger partial charge in [-0.15, -0.1) is 0 Å². The summed E-state index contributed by atoms with van der Waals surface area (Å²) in [7, 11) is 0. The number of nitrogens with two attached hydrogens (primary N) is 1. The highest BCUT2D eigenvalue weighted by Gasteiger charge is 2.32. The summed E-state index contributed by atoms with van der Waals surface area (Å²) in [6.07, 6.45) is 2.82. The summed E-state index contributed by atoms with van der Waals surface area (Å²) in [5.74, 6) is 0.308. The van der Waals surface area contributed by atoms with Gasteiger partial charge in [0.05, 0.1) is 16.8 Å². The highest BCUT2D eigenvalue weighted by atomic mass is 35.5. The third-order valence-corrected chi connectivity index (χ3v) is 2.99. The Balaban J connectivity index is 0.00000133. The lowest BCUT2D eigenvalue weighted by Crippen LogP contribution is -3.09. The first-order valence-electron chi connectivity index (χ1n) is 5.14. The van der Waals surface area contributed by atoms with Gasteiger partial charge in [0.1, 0.15) is 5.82 Å². The highest BCUT2D eigenvalue weighted by Crippen LogP contribution is 2.26. The quantitative estimate of drug-likeness (QED) is 0.586. The van der Waals surface area contributed by atoms with Crippen LogP contribution in [0.1, 0.15) is 5.56 Å². The van der Waals surface area contributed by atoms with E-state index in [1.165, 1.54) is 24.7 Å². The van der Waals surface area contributed by atoms with Gasteiger partial charge >= 0.3 is 5.96 Å². The number of nitrogens with zero attached hydrogens (tertiary/aromatic N) is 3. The summed E-state index contributed by atoms with van der Waals surface area (Å²) < 4.78 is 13.8. The zero-order valence-corrected chi connectivity index (χ0v) is 11.0. The van der Waals surface area contributed by atoms with Crippen molar-refractivity contribution in [3.8, 4) is 0 Å². The Labute approximate surface area is 119 Å². The van der Waals surface area contributed by atoms with Crippen LogP contribution in [0, 0.1) is 5.82 Å². The van der Waals surface area contributed by atoms with E-state index in [1.807, 2.05) is 0 Å². The van der Waals surface area contributed by atoms with Crippen molar-refractivity contribution < 1.29 is 21.8 Å². The van der Waals surface area contributed by atoms with E-state index < -0.39 is 5.82 Å². The average molecular weight is 300 g/mol. The first-order valence-corrected chi connectivity index (χ1v) is 5.52. The fourth-order valence-corrected chi connectivity index (χ4v) is 2.09. The fourth-order valence-electron chi connectivity index (χ4n) is 1.82. The van der Waals surface area contributed by atoms with Gasteiger partial charge in [0, 0.05) is 5.56 Å². The van der Waals surface area contributed by atoms with Crippen LogP contribution in [0.25, 0.3) is 5.57 Å². The number of rotatable bonds is 1. The van der Waals surface area contributed by atoms with E-state index >= 15 is 0 Å².